The van der Waals surface area contributed by atoms with E-state index in [2.05, 4.69) is 9.50 Å². The Morgan fingerprint density at radius 3 is 2.67 bits per heavy atom. The minimum Gasteiger partial charge on any atom is -0.492 e. The van der Waals surface area contributed by atoms with Gasteiger partial charge in [0.25, 0.3) is 0 Å². The van der Waals surface area contributed by atoms with E-state index < -0.39 is 33.2 Å². The number of hydrogen-bond donors (Lipinski definition) is 2. The molecule has 3 aliphatic rings. The van der Waals surface area contributed by atoms with Gasteiger partial charge in [0.1, 0.15) is 11.3 Å². The third-order valence-electron chi connectivity index (χ3n) is 6.66. The Hall–Kier alpha value is -2.70. The third-order valence-corrected chi connectivity index (χ3v) is 7.02. The summed E-state index contributed by atoms with van der Waals surface area (Å²) in [6, 6.07) is 1.25. The number of halogens is 1. The summed E-state index contributed by atoms with van der Waals surface area (Å²) in [4.78, 5) is 27.3. The van der Waals surface area contributed by atoms with Gasteiger partial charge in [0.05, 0.1) is 18.0 Å². The number of ether oxygens (including phenoxy) is 1. The SMILES string of the molecule is COc1c(N2C[C@@H]3CCCN[C@@H]3C2)c(F)cc2c(=O)c(C(=O)OS(=O)(=O)O)cn(C3CC3)c12. The van der Waals surface area contributed by atoms with Crippen LogP contribution in [0, 0.1) is 11.7 Å². The van der Waals surface area contributed by atoms with Crippen molar-refractivity contribution in [2.75, 3.05) is 31.6 Å². The van der Waals surface area contributed by atoms with Gasteiger partial charge in [-0.15, -0.1) is 0 Å². The topological polar surface area (TPSA) is 127 Å². The summed E-state index contributed by atoms with van der Waals surface area (Å²) in [5.74, 6) is -1.61. The van der Waals surface area contributed by atoms with Gasteiger partial charge in [-0.2, -0.15) is 8.42 Å². The maximum Gasteiger partial charge on any atom is 0.449 e. The van der Waals surface area contributed by atoms with Gasteiger partial charge in [-0.3, -0.25) is 9.35 Å². The van der Waals surface area contributed by atoms with Crippen LogP contribution in [0.5, 0.6) is 5.75 Å². The molecule has 1 aliphatic carbocycles. The molecule has 0 amide bonds. The number of fused-ring (bicyclic) bond motifs is 2. The Balaban J connectivity index is 1.69. The second-order valence-electron chi connectivity index (χ2n) is 8.81. The lowest BCUT2D eigenvalue weighted by Gasteiger charge is -2.25. The standard InChI is InChI=1S/C21H24FN3O7S/c1-31-20-17-13(7-15(22)18(20)24-8-11-3-2-6-23-16(11)10-24)19(26)14(9-25(17)12-4-5-12)21(27)32-33(28,29)30/h7,9,11-12,16,23H,2-6,8,10H2,1H3,(H,28,29,30)/t11-,16+/m0/s1. The van der Waals surface area contributed by atoms with Crippen molar-refractivity contribution in [2.45, 2.75) is 37.8 Å². The van der Waals surface area contributed by atoms with E-state index in [1.54, 1.807) is 4.57 Å². The van der Waals surface area contributed by atoms with Crippen LogP contribution in [-0.2, 0) is 14.6 Å². The van der Waals surface area contributed by atoms with Crippen molar-refractivity contribution in [3.05, 3.63) is 33.9 Å². The van der Waals surface area contributed by atoms with Gasteiger partial charge in [-0.1, -0.05) is 0 Å². The molecule has 12 heteroatoms. The molecule has 10 nitrogen and oxygen atoms in total. The zero-order chi connectivity index (χ0) is 23.5. The van der Waals surface area contributed by atoms with Crippen molar-refractivity contribution in [3.63, 3.8) is 0 Å². The first-order valence-electron chi connectivity index (χ1n) is 10.8. The lowest BCUT2D eigenvalue weighted by atomic mass is 9.94. The molecule has 3 heterocycles. The number of carbonyl (C=O) groups is 1. The Morgan fingerprint density at radius 1 is 1.27 bits per heavy atom. The Labute approximate surface area is 189 Å². The summed E-state index contributed by atoms with van der Waals surface area (Å²) in [7, 11) is -3.71. The van der Waals surface area contributed by atoms with Gasteiger partial charge in [-0.05, 0) is 44.2 Å². The molecule has 3 fully saturated rings. The van der Waals surface area contributed by atoms with Crippen LogP contribution in [0.15, 0.2) is 17.1 Å². The Morgan fingerprint density at radius 2 is 2.03 bits per heavy atom. The molecule has 5 rings (SSSR count). The first kappa shape index (κ1) is 22.1. The average Bonchev–Trinajstić information content (AvgIpc) is 3.50. The predicted octanol–water partition coefficient (Wildman–Crippen LogP) is 1.63. The molecule has 178 valence electrons. The highest BCUT2D eigenvalue weighted by Gasteiger charge is 2.38. The van der Waals surface area contributed by atoms with Crippen molar-refractivity contribution >= 4 is 33.0 Å². The Kier molecular flexibility index (Phi) is 5.33. The summed E-state index contributed by atoms with van der Waals surface area (Å²) in [5.41, 5.74) is -0.912. The highest BCUT2D eigenvalue weighted by molar-refractivity contribution is 7.81. The van der Waals surface area contributed by atoms with Crippen LogP contribution in [0.25, 0.3) is 10.9 Å². The third kappa shape index (κ3) is 3.96. The van der Waals surface area contributed by atoms with Crippen molar-refractivity contribution < 1.29 is 31.1 Å². The summed E-state index contributed by atoms with van der Waals surface area (Å²) in [6.45, 7) is 2.19. The van der Waals surface area contributed by atoms with Crippen LogP contribution in [-0.4, -0.2) is 56.3 Å². The molecule has 2 atom stereocenters. The zero-order valence-electron chi connectivity index (χ0n) is 17.9. The lowest BCUT2D eigenvalue weighted by molar-refractivity contribution is 0.0725. The van der Waals surface area contributed by atoms with Crippen molar-refractivity contribution in [3.8, 4) is 5.75 Å². The zero-order valence-corrected chi connectivity index (χ0v) is 18.7. The van der Waals surface area contributed by atoms with Crippen LogP contribution in [0.4, 0.5) is 10.1 Å². The molecule has 0 spiro atoms. The van der Waals surface area contributed by atoms with Gasteiger partial charge < -0.3 is 23.7 Å². The molecule has 0 radical (unpaired) electrons. The molecular weight excluding hydrogens is 457 g/mol. The largest absolute Gasteiger partial charge is 0.492 e. The van der Waals surface area contributed by atoms with Gasteiger partial charge in [-0.25, -0.2) is 9.18 Å². The van der Waals surface area contributed by atoms with E-state index in [4.69, 9.17) is 9.29 Å². The second kappa shape index (κ2) is 7.96. The number of hydrogen-bond acceptors (Lipinski definition) is 8. The first-order chi connectivity index (χ1) is 15.7. The van der Waals surface area contributed by atoms with Gasteiger partial charge >= 0.3 is 16.4 Å². The van der Waals surface area contributed by atoms with E-state index in [1.165, 1.54) is 13.3 Å². The second-order valence-corrected chi connectivity index (χ2v) is 9.84. The Bertz CT molecular complexity index is 1290. The molecule has 0 bridgehead atoms. The van der Waals surface area contributed by atoms with E-state index in [-0.39, 0.29) is 28.9 Å². The van der Waals surface area contributed by atoms with Crippen molar-refractivity contribution in [1.29, 1.82) is 0 Å². The van der Waals surface area contributed by atoms with E-state index in [9.17, 15) is 18.0 Å². The maximum absolute atomic E-state index is 15.5. The number of carbonyl (C=O) groups excluding carboxylic acids is 1. The summed E-state index contributed by atoms with van der Waals surface area (Å²) in [5, 5.41) is 3.36. The van der Waals surface area contributed by atoms with Crippen LogP contribution in [0.1, 0.15) is 42.1 Å². The van der Waals surface area contributed by atoms with Crippen LogP contribution in [0.2, 0.25) is 0 Å². The molecule has 1 aromatic heterocycles. The number of anilines is 1. The number of methoxy groups -OCH3 is 1. The highest BCUT2D eigenvalue weighted by Crippen LogP contribution is 2.45. The highest BCUT2D eigenvalue weighted by atomic mass is 32.3. The molecule has 2 aromatic rings. The fraction of sp³-hybridized carbons (Fsp3) is 0.524. The van der Waals surface area contributed by atoms with Gasteiger partial charge in [0, 0.05) is 31.4 Å². The monoisotopic (exact) mass is 481 g/mol. The molecular formula is C21H24FN3O7S. The minimum absolute atomic E-state index is 0.0691. The van der Waals surface area contributed by atoms with Crippen molar-refractivity contribution in [2.24, 2.45) is 5.92 Å². The number of aromatic nitrogens is 1. The van der Waals surface area contributed by atoms with Crippen LogP contribution in [0.3, 0.4) is 0 Å². The van der Waals surface area contributed by atoms with E-state index in [1.807, 2.05) is 4.90 Å². The predicted molar refractivity (Wildman–Crippen MR) is 117 cm³/mol. The smallest absolute Gasteiger partial charge is 0.449 e. The van der Waals surface area contributed by atoms with Gasteiger partial charge in [0.15, 0.2) is 11.6 Å². The molecule has 33 heavy (non-hydrogen) atoms. The number of nitrogens with zero attached hydrogens (tertiary/aromatic N) is 2. The van der Waals surface area contributed by atoms with E-state index in [0.717, 1.165) is 38.3 Å². The summed E-state index contributed by atoms with van der Waals surface area (Å²) in [6.07, 6.45) is 4.84. The van der Waals surface area contributed by atoms with Gasteiger partial charge in [0.2, 0.25) is 5.43 Å². The molecule has 2 aliphatic heterocycles. The maximum atomic E-state index is 15.5. The molecule has 2 saturated heterocycles. The number of rotatable bonds is 5. The molecule has 1 saturated carbocycles. The molecule has 0 unspecified atom stereocenters. The first-order valence-corrected chi connectivity index (χ1v) is 12.2. The van der Waals surface area contributed by atoms with Crippen LogP contribution >= 0.6 is 0 Å². The fourth-order valence-corrected chi connectivity index (χ4v) is 5.37. The number of piperidine rings is 1. The number of benzene rings is 1. The molecule has 1 aromatic carbocycles. The summed E-state index contributed by atoms with van der Waals surface area (Å²) < 4.78 is 57.6. The number of pyridine rings is 1. The molecule has 2 N–H and O–H groups in total. The number of nitrogens with one attached hydrogen (secondary N) is 1. The minimum atomic E-state index is -5.12. The quantitative estimate of drug-likeness (QED) is 0.613. The van der Waals surface area contributed by atoms with Crippen LogP contribution < -0.4 is 20.4 Å². The summed E-state index contributed by atoms with van der Waals surface area (Å²) >= 11 is 0. The normalized spacial score (nSPS) is 22.9. The fourth-order valence-electron chi connectivity index (χ4n) is 5.09. The average molecular weight is 482 g/mol. The van der Waals surface area contributed by atoms with E-state index >= 15 is 4.39 Å². The van der Waals surface area contributed by atoms with Crippen molar-refractivity contribution in [1.82, 2.24) is 9.88 Å². The lowest BCUT2D eigenvalue weighted by Crippen LogP contribution is -2.40. The van der Waals surface area contributed by atoms with E-state index in [0.29, 0.717) is 24.5 Å².